The lowest BCUT2D eigenvalue weighted by Gasteiger charge is -2.27. The Kier molecular flexibility index (Phi) is 15.1. The normalized spacial score (nSPS) is 13.0. The van der Waals surface area contributed by atoms with Crippen LogP contribution in [0.3, 0.4) is 0 Å². The maximum Gasteiger partial charge on any atom is 0.336 e. The zero-order chi connectivity index (χ0) is 46.6. The average molecular weight is 891 g/mol. The van der Waals surface area contributed by atoms with Gasteiger partial charge in [0.25, 0.3) is 11.8 Å². The van der Waals surface area contributed by atoms with Crippen LogP contribution in [-0.4, -0.2) is 88.3 Å². The first-order valence-corrected chi connectivity index (χ1v) is 21.9. The minimum atomic E-state index is -1.28. The fourth-order valence-electron chi connectivity index (χ4n) is 7.95. The molecule has 0 radical (unpaired) electrons. The van der Waals surface area contributed by atoms with Crippen LogP contribution in [0.2, 0.25) is 0 Å². The third-order valence-electron chi connectivity index (χ3n) is 11.6. The summed E-state index contributed by atoms with van der Waals surface area (Å²) in [6.45, 7) is 0.406. The van der Waals surface area contributed by atoms with Gasteiger partial charge in [-0.15, -0.1) is 0 Å². The van der Waals surface area contributed by atoms with Crippen molar-refractivity contribution < 1.29 is 28.8 Å². The number of primary amides is 1. The summed E-state index contributed by atoms with van der Waals surface area (Å²) in [4.78, 5) is 89.3. The van der Waals surface area contributed by atoms with Crippen molar-refractivity contribution >= 4 is 68.1 Å². The van der Waals surface area contributed by atoms with Crippen LogP contribution in [0.1, 0.15) is 46.3 Å². The summed E-state index contributed by atoms with van der Waals surface area (Å²) in [5.74, 6) is -3.26. The summed E-state index contributed by atoms with van der Waals surface area (Å²) in [6.07, 6.45) is 5.06. The molecule has 0 saturated carbocycles. The van der Waals surface area contributed by atoms with Crippen molar-refractivity contribution in [3.63, 3.8) is 0 Å². The molecule has 0 aliphatic carbocycles. The van der Waals surface area contributed by atoms with E-state index in [-0.39, 0.29) is 25.7 Å². The van der Waals surface area contributed by atoms with E-state index in [1.165, 1.54) is 7.05 Å². The van der Waals surface area contributed by atoms with Crippen molar-refractivity contribution in [2.45, 2.75) is 62.7 Å². The minimum absolute atomic E-state index is 0.0168. The van der Waals surface area contributed by atoms with Crippen molar-refractivity contribution in [2.24, 2.45) is 11.5 Å². The lowest BCUT2D eigenvalue weighted by molar-refractivity contribution is -0.132. The molecule has 4 atom stereocenters. The molecule has 66 heavy (non-hydrogen) atoms. The molecule has 16 heteroatoms. The van der Waals surface area contributed by atoms with Crippen molar-refractivity contribution in [3.05, 3.63) is 156 Å². The van der Waals surface area contributed by atoms with E-state index in [4.69, 9.17) is 11.5 Å². The summed E-state index contributed by atoms with van der Waals surface area (Å²) < 4.78 is 0. The van der Waals surface area contributed by atoms with E-state index in [0.29, 0.717) is 30.5 Å². The van der Waals surface area contributed by atoms with E-state index in [0.717, 1.165) is 48.7 Å². The number of carbonyl (C=O) groups is 6. The van der Waals surface area contributed by atoms with E-state index in [1.807, 2.05) is 84.9 Å². The molecule has 340 valence electrons. The summed E-state index contributed by atoms with van der Waals surface area (Å²) in [5, 5.41) is 15.6. The summed E-state index contributed by atoms with van der Waals surface area (Å²) in [5.41, 5.74) is 18.1. The highest BCUT2D eigenvalue weighted by Gasteiger charge is 2.32. The first-order chi connectivity index (χ1) is 32.0. The number of hydrogen-bond acceptors (Lipinski definition) is 7. The Labute approximate surface area is 381 Å². The van der Waals surface area contributed by atoms with Gasteiger partial charge in [0.05, 0.1) is 0 Å². The van der Waals surface area contributed by atoms with Gasteiger partial charge < -0.3 is 42.7 Å². The number of nitrogens with two attached hydrogens (primary N) is 2. The Morgan fingerprint density at radius 2 is 1.12 bits per heavy atom. The molecule has 0 fully saturated rings. The SMILES string of the molecule is CN(NC(=O)C(Cc1c[nH]c2ccccc12)NC(=O)c1ccc2ccccc2c1)C(=O)N[C@@H](Cc1c[nH]c2ccccc12)C(=O)N[C@H](Cc1ccccc1)C(=O)N[C@@H](CCCCN)C(N)=O. The van der Waals surface area contributed by atoms with Crippen molar-refractivity contribution in [1.29, 1.82) is 0 Å². The quantitative estimate of drug-likeness (QED) is 0.0421. The number of para-hydroxylation sites is 2. The van der Waals surface area contributed by atoms with Gasteiger partial charge >= 0.3 is 6.03 Å². The zero-order valence-corrected chi connectivity index (χ0v) is 36.5. The lowest BCUT2D eigenvalue weighted by atomic mass is 10.0. The molecule has 7 aromatic rings. The number of carbonyl (C=O) groups excluding carboxylic acids is 6. The molecule has 2 aromatic heterocycles. The zero-order valence-electron chi connectivity index (χ0n) is 36.5. The predicted molar refractivity (Wildman–Crippen MR) is 254 cm³/mol. The van der Waals surface area contributed by atoms with Crippen molar-refractivity contribution in [3.8, 4) is 0 Å². The Morgan fingerprint density at radius 1 is 0.576 bits per heavy atom. The van der Waals surface area contributed by atoms with Gasteiger partial charge in [0.15, 0.2) is 0 Å². The summed E-state index contributed by atoms with van der Waals surface area (Å²) >= 11 is 0. The molecule has 7 rings (SSSR count). The number of nitrogens with one attached hydrogen (secondary N) is 7. The van der Waals surface area contributed by atoms with Gasteiger partial charge in [0, 0.05) is 66.1 Å². The highest BCUT2D eigenvalue weighted by Crippen LogP contribution is 2.22. The number of hydrogen-bond donors (Lipinski definition) is 9. The number of fused-ring (bicyclic) bond motifs is 3. The predicted octanol–water partition coefficient (Wildman–Crippen LogP) is 4.25. The third-order valence-corrected chi connectivity index (χ3v) is 11.6. The fraction of sp³-hybridized carbons (Fsp3) is 0.240. The number of nitrogens with zero attached hydrogens (tertiary/aromatic N) is 1. The number of unbranched alkanes of at least 4 members (excludes halogenated alkanes) is 1. The third kappa shape index (κ3) is 11.6. The van der Waals surface area contributed by atoms with Gasteiger partial charge in [-0.05, 0) is 77.5 Å². The van der Waals surface area contributed by atoms with Crippen LogP contribution in [0.25, 0.3) is 32.6 Å². The minimum Gasteiger partial charge on any atom is -0.368 e. The number of rotatable bonds is 19. The number of H-pyrrole nitrogens is 2. The molecule has 0 aliphatic rings. The first-order valence-electron chi connectivity index (χ1n) is 21.9. The molecular formula is C50H54N10O6. The largest absolute Gasteiger partial charge is 0.368 e. The van der Waals surface area contributed by atoms with Gasteiger partial charge in [-0.25, -0.2) is 9.80 Å². The Hall–Kier alpha value is -7.98. The summed E-state index contributed by atoms with van der Waals surface area (Å²) in [7, 11) is 1.32. The highest BCUT2D eigenvalue weighted by molar-refractivity contribution is 6.01. The van der Waals surface area contributed by atoms with Crippen molar-refractivity contribution in [2.75, 3.05) is 13.6 Å². The van der Waals surface area contributed by atoms with Crippen LogP contribution in [0.15, 0.2) is 134 Å². The van der Waals surface area contributed by atoms with Crippen LogP contribution in [0.4, 0.5) is 4.79 Å². The molecule has 0 saturated heterocycles. The van der Waals surface area contributed by atoms with Gasteiger partial charge in [-0.2, -0.15) is 0 Å². The van der Waals surface area contributed by atoms with E-state index >= 15 is 0 Å². The molecule has 0 bridgehead atoms. The molecule has 5 aromatic carbocycles. The lowest BCUT2D eigenvalue weighted by Crippen LogP contribution is -2.60. The molecule has 0 aliphatic heterocycles. The van der Waals surface area contributed by atoms with E-state index < -0.39 is 59.7 Å². The van der Waals surface area contributed by atoms with Gasteiger partial charge in [0.1, 0.15) is 24.2 Å². The maximum absolute atomic E-state index is 14.5. The first kappa shape index (κ1) is 46.0. The number of hydrazine groups is 1. The number of amides is 7. The van der Waals surface area contributed by atoms with Crippen LogP contribution >= 0.6 is 0 Å². The van der Waals surface area contributed by atoms with Crippen molar-refractivity contribution in [1.82, 2.24) is 41.7 Å². The molecule has 11 N–H and O–H groups in total. The highest BCUT2D eigenvalue weighted by atomic mass is 16.2. The number of aromatic nitrogens is 2. The molecule has 1 unspecified atom stereocenters. The van der Waals surface area contributed by atoms with E-state index in [2.05, 4.69) is 36.7 Å². The van der Waals surface area contributed by atoms with Gasteiger partial charge in [-0.1, -0.05) is 97.1 Å². The smallest absolute Gasteiger partial charge is 0.336 e. The van der Waals surface area contributed by atoms with Crippen LogP contribution in [-0.2, 0) is 38.4 Å². The van der Waals surface area contributed by atoms with E-state index in [9.17, 15) is 28.8 Å². The van der Waals surface area contributed by atoms with Gasteiger partial charge in [0.2, 0.25) is 17.7 Å². The summed E-state index contributed by atoms with van der Waals surface area (Å²) in [6, 6.07) is 31.5. The fourth-order valence-corrected chi connectivity index (χ4v) is 7.95. The number of urea groups is 1. The molecule has 2 heterocycles. The Balaban J connectivity index is 1.12. The second-order valence-electron chi connectivity index (χ2n) is 16.3. The van der Waals surface area contributed by atoms with Crippen LogP contribution < -0.4 is 38.2 Å². The van der Waals surface area contributed by atoms with E-state index in [1.54, 1.807) is 48.8 Å². The Bertz CT molecular complexity index is 2840. The second kappa shape index (κ2) is 21.6. The monoisotopic (exact) mass is 890 g/mol. The molecule has 16 nitrogen and oxygen atoms in total. The molecular weight excluding hydrogens is 837 g/mol. The average Bonchev–Trinajstić information content (AvgIpc) is 3.94. The number of aromatic amines is 2. The topological polar surface area (TPSA) is 249 Å². The Morgan fingerprint density at radius 3 is 1.74 bits per heavy atom. The standard InChI is InChI=1S/C50H54N10O6/c1-60(59-49(65)44(28-36-30-54-40-20-10-8-18-38(36)40)56-46(62)34-23-22-32-15-5-6-16-33(32)26-34)50(66)58-43(27-35-29-53-39-19-9-7-17-37(35)39)48(64)57-42(25-31-13-3-2-4-14-31)47(63)55-41(45(52)61)21-11-12-24-51/h2-10,13-20,22-23,26,29-30,41-44,53-54H,11-12,21,24-25,27-28,51H2,1H3,(H2,52,61)(H,55,63)(H,56,62)(H,57,64)(H,58,66)(H,59,65)/t41-,42+,43-,44?/m0/s1. The van der Waals surface area contributed by atoms with Crippen LogP contribution in [0, 0.1) is 0 Å². The number of benzene rings is 5. The van der Waals surface area contributed by atoms with Crippen LogP contribution in [0.5, 0.6) is 0 Å². The second-order valence-corrected chi connectivity index (χ2v) is 16.3. The maximum atomic E-state index is 14.5. The molecule has 7 amide bonds. The van der Waals surface area contributed by atoms with Gasteiger partial charge in [-0.3, -0.25) is 29.4 Å². The molecule has 0 spiro atoms.